The lowest BCUT2D eigenvalue weighted by Gasteiger charge is -2.13. The molecule has 7 nitrogen and oxygen atoms in total. The van der Waals surface area contributed by atoms with Gasteiger partial charge in [0.25, 0.3) is 11.8 Å². The molecule has 0 aromatic heterocycles. The maximum absolute atomic E-state index is 12.0. The number of nitrogens with one attached hydrogen (secondary N) is 2. The van der Waals surface area contributed by atoms with Gasteiger partial charge in [0.1, 0.15) is 12.1 Å². The van der Waals surface area contributed by atoms with Crippen LogP contribution in [0.3, 0.4) is 0 Å². The van der Waals surface area contributed by atoms with Crippen molar-refractivity contribution in [3.63, 3.8) is 0 Å². The van der Waals surface area contributed by atoms with E-state index in [1.54, 1.807) is 30.3 Å². The quantitative estimate of drug-likeness (QED) is 0.743. The van der Waals surface area contributed by atoms with Crippen LogP contribution in [-0.4, -0.2) is 30.4 Å². The fourth-order valence-corrected chi connectivity index (χ4v) is 2.27. The molecule has 2 amide bonds. The Morgan fingerprint density at radius 1 is 1.19 bits per heavy atom. The average Bonchev–Trinajstić information content (AvgIpc) is 2.66. The van der Waals surface area contributed by atoms with Crippen LogP contribution in [0.2, 0.25) is 5.02 Å². The predicted octanol–water partition coefficient (Wildman–Crippen LogP) is 2.51. The first-order valence-electron chi connectivity index (χ1n) is 7.92. The molecule has 0 fully saturated rings. The molecule has 0 aliphatic rings. The molecule has 0 saturated heterocycles. The molecule has 2 aromatic carbocycles. The molecule has 0 radical (unpaired) electrons. The van der Waals surface area contributed by atoms with Gasteiger partial charge in [-0.15, -0.1) is 0 Å². The Morgan fingerprint density at radius 2 is 1.89 bits per heavy atom. The van der Waals surface area contributed by atoms with Crippen LogP contribution in [-0.2, 0) is 14.3 Å². The van der Waals surface area contributed by atoms with Crippen LogP contribution in [0.25, 0.3) is 0 Å². The van der Waals surface area contributed by atoms with Crippen LogP contribution in [0.1, 0.15) is 22.8 Å². The zero-order valence-electron chi connectivity index (χ0n) is 14.4. The summed E-state index contributed by atoms with van der Waals surface area (Å²) in [5.74, 6) is -1.83. The molecule has 0 heterocycles. The van der Waals surface area contributed by atoms with Gasteiger partial charge >= 0.3 is 5.97 Å². The number of nitrogens with zero attached hydrogens (tertiary/aromatic N) is 1. The van der Waals surface area contributed by atoms with Crippen LogP contribution in [0, 0.1) is 11.3 Å². The van der Waals surface area contributed by atoms with E-state index in [9.17, 15) is 14.4 Å². The summed E-state index contributed by atoms with van der Waals surface area (Å²) in [6, 6.07) is 13.8. The summed E-state index contributed by atoms with van der Waals surface area (Å²) in [4.78, 5) is 35.9. The number of halogens is 1. The molecule has 2 N–H and O–H groups in total. The first-order chi connectivity index (χ1) is 12.9. The second-order valence-electron chi connectivity index (χ2n) is 5.52. The SMILES string of the molecule is C[C@@H](NC(=O)c1ccccc1)C(=O)OCC(=O)Nc1cc(Cl)ccc1C#N. The fourth-order valence-electron chi connectivity index (χ4n) is 2.09. The number of ether oxygens (including phenoxy) is 1. The Hall–Kier alpha value is -3.37. The Kier molecular flexibility index (Phi) is 6.92. The van der Waals surface area contributed by atoms with Gasteiger partial charge in [0.2, 0.25) is 0 Å². The van der Waals surface area contributed by atoms with E-state index < -0.39 is 30.4 Å². The topological polar surface area (TPSA) is 108 Å². The summed E-state index contributed by atoms with van der Waals surface area (Å²) in [6.45, 7) is 0.883. The van der Waals surface area contributed by atoms with E-state index >= 15 is 0 Å². The highest BCUT2D eigenvalue weighted by molar-refractivity contribution is 6.31. The number of benzene rings is 2. The molecule has 138 valence electrons. The zero-order valence-corrected chi connectivity index (χ0v) is 15.1. The van der Waals surface area contributed by atoms with E-state index in [4.69, 9.17) is 21.6 Å². The van der Waals surface area contributed by atoms with Gasteiger partial charge in [0, 0.05) is 10.6 Å². The second-order valence-corrected chi connectivity index (χ2v) is 5.96. The van der Waals surface area contributed by atoms with E-state index in [0.29, 0.717) is 10.6 Å². The van der Waals surface area contributed by atoms with Gasteiger partial charge in [-0.3, -0.25) is 9.59 Å². The summed E-state index contributed by atoms with van der Waals surface area (Å²) in [5, 5.41) is 14.3. The van der Waals surface area contributed by atoms with E-state index in [2.05, 4.69) is 10.6 Å². The molecule has 27 heavy (non-hydrogen) atoms. The van der Waals surface area contributed by atoms with Crippen molar-refractivity contribution in [3.8, 4) is 6.07 Å². The van der Waals surface area contributed by atoms with Crippen molar-refractivity contribution in [1.29, 1.82) is 5.26 Å². The second kappa shape index (κ2) is 9.36. The van der Waals surface area contributed by atoms with E-state index in [1.807, 2.05) is 6.07 Å². The number of hydrogen-bond acceptors (Lipinski definition) is 5. The van der Waals surface area contributed by atoms with Crippen LogP contribution < -0.4 is 10.6 Å². The first kappa shape index (κ1) is 19.9. The monoisotopic (exact) mass is 385 g/mol. The van der Waals surface area contributed by atoms with Crippen LogP contribution in [0.5, 0.6) is 0 Å². The third-order valence-electron chi connectivity index (χ3n) is 3.46. The van der Waals surface area contributed by atoms with Crippen molar-refractivity contribution >= 4 is 35.1 Å². The number of nitriles is 1. The highest BCUT2D eigenvalue weighted by Crippen LogP contribution is 2.20. The largest absolute Gasteiger partial charge is 0.454 e. The molecule has 0 bridgehead atoms. The minimum atomic E-state index is -0.939. The van der Waals surface area contributed by atoms with Gasteiger partial charge < -0.3 is 15.4 Å². The summed E-state index contributed by atoms with van der Waals surface area (Å²) < 4.78 is 4.90. The van der Waals surface area contributed by atoms with Crippen molar-refractivity contribution in [2.75, 3.05) is 11.9 Å². The Labute approximate surface area is 160 Å². The number of carbonyl (C=O) groups is 3. The van der Waals surface area contributed by atoms with Gasteiger partial charge in [-0.05, 0) is 37.3 Å². The number of carbonyl (C=O) groups excluding carboxylic acids is 3. The van der Waals surface area contributed by atoms with Crippen LogP contribution in [0.15, 0.2) is 48.5 Å². The summed E-state index contributed by atoms with van der Waals surface area (Å²) >= 11 is 5.84. The molecule has 1 atom stereocenters. The van der Waals surface area contributed by atoms with E-state index in [1.165, 1.54) is 25.1 Å². The Balaban J connectivity index is 1.86. The molecule has 0 spiro atoms. The molecular weight excluding hydrogens is 370 g/mol. The number of anilines is 1. The van der Waals surface area contributed by atoms with Gasteiger partial charge in [0.05, 0.1) is 11.3 Å². The lowest BCUT2D eigenvalue weighted by atomic mass is 10.2. The minimum Gasteiger partial charge on any atom is -0.454 e. The summed E-state index contributed by atoms with van der Waals surface area (Å²) in [7, 11) is 0. The fraction of sp³-hybridized carbons (Fsp3) is 0.158. The van der Waals surface area contributed by atoms with Gasteiger partial charge in [-0.2, -0.15) is 5.26 Å². The molecule has 0 unspecified atom stereocenters. The maximum Gasteiger partial charge on any atom is 0.328 e. The van der Waals surface area contributed by atoms with Crippen LogP contribution in [0.4, 0.5) is 5.69 Å². The van der Waals surface area contributed by atoms with Crippen LogP contribution >= 0.6 is 11.6 Å². The normalized spacial score (nSPS) is 11.0. The van der Waals surface area contributed by atoms with Crippen molar-refractivity contribution in [2.45, 2.75) is 13.0 Å². The standard InChI is InChI=1S/C19H16ClN3O4/c1-12(22-18(25)13-5-3-2-4-6-13)19(26)27-11-17(24)23-16-9-15(20)8-7-14(16)10-21/h2-9,12H,11H2,1H3,(H,22,25)(H,23,24)/t12-/m1/s1. The van der Waals surface area contributed by atoms with Crippen molar-refractivity contribution < 1.29 is 19.1 Å². The van der Waals surface area contributed by atoms with Crippen molar-refractivity contribution in [2.24, 2.45) is 0 Å². The number of rotatable bonds is 6. The number of amides is 2. The number of esters is 1. The predicted molar refractivity (Wildman–Crippen MR) is 99.1 cm³/mol. The van der Waals surface area contributed by atoms with Crippen molar-refractivity contribution in [3.05, 3.63) is 64.7 Å². The lowest BCUT2D eigenvalue weighted by molar-refractivity contribution is -0.148. The minimum absolute atomic E-state index is 0.219. The highest BCUT2D eigenvalue weighted by atomic mass is 35.5. The Morgan fingerprint density at radius 3 is 2.56 bits per heavy atom. The number of hydrogen-bond donors (Lipinski definition) is 2. The van der Waals surface area contributed by atoms with Crippen molar-refractivity contribution in [1.82, 2.24) is 5.32 Å². The molecule has 0 aliphatic heterocycles. The van der Waals surface area contributed by atoms with Gasteiger partial charge in [0.15, 0.2) is 6.61 Å². The summed E-state index contributed by atoms with van der Waals surface area (Å²) in [6.07, 6.45) is 0. The molecule has 0 aliphatic carbocycles. The summed E-state index contributed by atoms with van der Waals surface area (Å²) in [5.41, 5.74) is 0.846. The average molecular weight is 386 g/mol. The third kappa shape index (κ3) is 5.83. The molecule has 2 aromatic rings. The molecular formula is C19H16ClN3O4. The first-order valence-corrected chi connectivity index (χ1v) is 8.30. The highest BCUT2D eigenvalue weighted by Gasteiger charge is 2.19. The zero-order chi connectivity index (χ0) is 19.8. The van der Waals surface area contributed by atoms with E-state index in [0.717, 1.165) is 0 Å². The molecule has 2 rings (SSSR count). The molecule has 8 heteroatoms. The third-order valence-corrected chi connectivity index (χ3v) is 3.69. The Bertz CT molecular complexity index is 894. The van der Waals surface area contributed by atoms with Gasteiger partial charge in [-0.1, -0.05) is 29.8 Å². The van der Waals surface area contributed by atoms with E-state index in [-0.39, 0.29) is 11.3 Å². The van der Waals surface area contributed by atoms with Gasteiger partial charge in [-0.25, -0.2) is 4.79 Å². The smallest absolute Gasteiger partial charge is 0.328 e. The maximum atomic E-state index is 12.0. The lowest BCUT2D eigenvalue weighted by Crippen LogP contribution is -2.40. The molecule has 0 saturated carbocycles.